The van der Waals surface area contributed by atoms with Crippen LogP contribution < -0.4 is 5.32 Å². The molecule has 0 radical (unpaired) electrons. The fraction of sp³-hybridized carbons (Fsp3) is 0.636. The Morgan fingerprint density at radius 1 is 1.33 bits per heavy atom. The summed E-state index contributed by atoms with van der Waals surface area (Å²) in [5.41, 5.74) is 1.12. The zero-order valence-electron chi connectivity index (χ0n) is 9.63. The number of amides is 1. The smallest absolute Gasteiger partial charge is 0.216 e. The fourth-order valence-corrected chi connectivity index (χ4v) is 1.78. The number of hydrogen-bond acceptors (Lipinski definition) is 3. The highest BCUT2D eigenvalue weighted by Crippen LogP contribution is 2.08. The van der Waals surface area contributed by atoms with E-state index in [1.165, 1.54) is 18.7 Å². The van der Waals surface area contributed by atoms with E-state index >= 15 is 0 Å². The molecular formula is C11H19NO2S. The largest absolute Gasteiger partial charge is 0.356 e. The first-order valence-electron chi connectivity index (χ1n) is 5.14. The van der Waals surface area contributed by atoms with Gasteiger partial charge in [0.2, 0.25) is 11.0 Å². The Labute approximate surface area is 95.7 Å². The third-order valence-corrected chi connectivity index (χ3v) is 2.54. The minimum Gasteiger partial charge on any atom is -0.356 e. The predicted octanol–water partition coefficient (Wildman–Crippen LogP) is 2.13. The molecule has 0 aliphatic heterocycles. The summed E-state index contributed by atoms with van der Waals surface area (Å²) >= 11 is 1.24. The van der Waals surface area contributed by atoms with Crippen molar-refractivity contribution in [3.63, 3.8) is 0 Å². The van der Waals surface area contributed by atoms with Gasteiger partial charge in [-0.15, -0.1) is 0 Å². The van der Waals surface area contributed by atoms with Crippen LogP contribution in [0.4, 0.5) is 0 Å². The Morgan fingerprint density at radius 3 is 2.53 bits per heavy atom. The number of thioether (sulfide) groups is 1. The molecule has 0 aromatic heterocycles. The van der Waals surface area contributed by atoms with Gasteiger partial charge in [0, 0.05) is 19.2 Å². The topological polar surface area (TPSA) is 46.2 Å². The molecule has 0 spiro atoms. The molecular weight excluding hydrogens is 210 g/mol. The van der Waals surface area contributed by atoms with E-state index in [9.17, 15) is 9.59 Å². The fourth-order valence-electron chi connectivity index (χ4n) is 1.09. The van der Waals surface area contributed by atoms with Crippen LogP contribution in [-0.4, -0.2) is 23.3 Å². The van der Waals surface area contributed by atoms with Gasteiger partial charge in [0.1, 0.15) is 0 Å². The van der Waals surface area contributed by atoms with Crippen molar-refractivity contribution in [2.45, 2.75) is 33.6 Å². The molecule has 0 saturated heterocycles. The molecule has 0 fully saturated rings. The Kier molecular flexibility index (Phi) is 8.09. The van der Waals surface area contributed by atoms with Gasteiger partial charge in [-0.05, 0) is 19.4 Å². The van der Waals surface area contributed by atoms with E-state index < -0.39 is 0 Å². The molecule has 0 heterocycles. The molecule has 0 aliphatic rings. The van der Waals surface area contributed by atoms with Crippen molar-refractivity contribution < 1.29 is 9.59 Å². The van der Waals surface area contributed by atoms with Gasteiger partial charge in [-0.3, -0.25) is 9.59 Å². The summed E-state index contributed by atoms with van der Waals surface area (Å²) in [7, 11) is 0. The molecule has 1 amide bonds. The summed E-state index contributed by atoms with van der Waals surface area (Å²) in [4.78, 5) is 21.9. The second kappa shape index (κ2) is 8.53. The summed E-state index contributed by atoms with van der Waals surface area (Å²) in [6, 6.07) is 0. The van der Waals surface area contributed by atoms with Crippen LogP contribution in [0.2, 0.25) is 0 Å². The molecule has 0 aliphatic carbocycles. The first-order chi connectivity index (χ1) is 7.06. The van der Waals surface area contributed by atoms with Gasteiger partial charge in [0.25, 0.3) is 0 Å². The van der Waals surface area contributed by atoms with E-state index in [1.807, 2.05) is 6.92 Å². The average Bonchev–Trinajstić information content (AvgIpc) is 2.12. The molecule has 1 N–H and O–H groups in total. The van der Waals surface area contributed by atoms with Crippen molar-refractivity contribution in [3.8, 4) is 0 Å². The lowest BCUT2D eigenvalue weighted by molar-refractivity contribution is -0.118. The zero-order valence-corrected chi connectivity index (χ0v) is 10.4. The normalized spacial score (nSPS) is 11.3. The number of carbonyl (C=O) groups excluding carboxylic acids is 2. The molecule has 0 aromatic rings. The van der Waals surface area contributed by atoms with Crippen LogP contribution in [-0.2, 0) is 9.59 Å². The van der Waals surface area contributed by atoms with E-state index in [0.29, 0.717) is 12.3 Å². The molecule has 3 nitrogen and oxygen atoms in total. The van der Waals surface area contributed by atoms with Gasteiger partial charge in [-0.1, -0.05) is 30.7 Å². The summed E-state index contributed by atoms with van der Waals surface area (Å²) in [5, 5.41) is 2.72. The SMILES string of the molecule is CCCC(C)=CC(=O)SCCNC(C)=O. The predicted molar refractivity (Wildman–Crippen MR) is 64.8 cm³/mol. The summed E-state index contributed by atoms with van der Waals surface area (Å²) in [5.74, 6) is 0.578. The maximum Gasteiger partial charge on any atom is 0.216 e. The minimum atomic E-state index is -0.0549. The van der Waals surface area contributed by atoms with Crippen LogP contribution >= 0.6 is 11.8 Å². The minimum absolute atomic E-state index is 0.0549. The highest BCUT2D eigenvalue weighted by atomic mass is 32.2. The number of nitrogens with one attached hydrogen (secondary N) is 1. The van der Waals surface area contributed by atoms with Gasteiger partial charge < -0.3 is 5.32 Å². The zero-order chi connectivity index (χ0) is 11.7. The highest BCUT2D eigenvalue weighted by molar-refractivity contribution is 8.14. The van der Waals surface area contributed by atoms with Crippen molar-refractivity contribution >= 4 is 22.8 Å². The molecule has 0 rings (SSSR count). The molecule has 0 saturated carbocycles. The third kappa shape index (κ3) is 9.53. The lowest BCUT2D eigenvalue weighted by atomic mass is 10.2. The first kappa shape index (κ1) is 14.2. The number of allylic oxidation sites excluding steroid dienone is 1. The van der Waals surface area contributed by atoms with Crippen LogP contribution in [0.1, 0.15) is 33.6 Å². The van der Waals surface area contributed by atoms with Gasteiger partial charge in [0.05, 0.1) is 0 Å². The Hall–Kier alpha value is -0.770. The van der Waals surface area contributed by atoms with Crippen molar-refractivity contribution in [1.29, 1.82) is 0 Å². The number of rotatable bonds is 6. The van der Waals surface area contributed by atoms with Crippen LogP contribution in [0.15, 0.2) is 11.6 Å². The second-order valence-electron chi connectivity index (χ2n) is 3.39. The maximum atomic E-state index is 11.3. The molecule has 0 bridgehead atoms. The van der Waals surface area contributed by atoms with E-state index in [0.717, 1.165) is 18.4 Å². The van der Waals surface area contributed by atoms with Gasteiger partial charge in [0.15, 0.2) is 0 Å². The second-order valence-corrected chi connectivity index (χ2v) is 4.49. The molecule has 86 valence electrons. The van der Waals surface area contributed by atoms with Crippen LogP contribution in [0.3, 0.4) is 0 Å². The molecule has 0 atom stereocenters. The van der Waals surface area contributed by atoms with Crippen molar-refractivity contribution in [1.82, 2.24) is 5.32 Å². The monoisotopic (exact) mass is 229 g/mol. The van der Waals surface area contributed by atoms with Crippen LogP contribution in [0.5, 0.6) is 0 Å². The van der Waals surface area contributed by atoms with Gasteiger partial charge in [-0.25, -0.2) is 0 Å². The quantitative estimate of drug-likeness (QED) is 0.560. The van der Waals surface area contributed by atoms with E-state index in [2.05, 4.69) is 12.2 Å². The number of carbonyl (C=O) groups is 2. The number of hydrogen-bond donors (Lipinski definition) is 1. The maximum absolute atomic E-state index is 11.3. The van der Waals surface area contributed by atoms with Crippen LogP contribution in [0.25, 0.3) is 0 Å². The summed E-state index contributed by atoms with van der Waals surface area (Å²) < 4.78 is 0. The van der Waals surface area contributed by atoms with Gasteiger partial charge in [-0.2, -0.15) is 0 Å². The molecule has 4 heteroatoms. The molecule has 15 heavy (non-hydrogen) atoms. The third-order valence-electron chi connectivity index (χ3n) is 1.73. The van der Waals surface area contributed by atoms with Crippen LogP contribution in [0, 0.1) is 0 Å². The average molecular weight is 229 g/mol. The summed E-state index contributed by atoms with van der Waals surface area (Å²) in [6.45, 7) is 6.08. The molecule has 0 aromatic carbocycles. The Morgan fingerprint density at radius 2 is 2.00 bits per heavy atom. The first-order valence-corrected chi connectivity index (χ1v) is 6.13. The lowest BCUT2D eigenvalue weighted by Crippen LogP contribution is -2.22. The summed E-state index contributed by atoms with van der Waals surface area (Å²) in [6.07, 6.45) is 3.71. The van der Waals surface area contributed by atoms with Crippen molar-refractivity contribution in [2.24, 2.45) is 0 Å². The van der Waals surface area contributed by atoms with Crippen molar-refractivity contribution in [2.75, 3.05) is 12.3 Å². The Balaban J connectivity index is 3.65. The van der Waals surface area contributed by atoms with E-state index in [1.54, 1.807) is 6.08 Å². The lowest BCUT2D eigenvalue weighted by Gasteiger charge is -2.00. The standard InChI is InChI=1S/C11H19NO2S/c1-4-5-9(2)8-11(14)15-7-6-12-10(3)13/h8H,4-7H2,1-3H3,(H,12,13). The highest BCUT2D eigenvalue weighted by Gasteiger charge is 1.99. The van der Waals surface area contributed by atoms with E-state index in [4.69, 9.17) is 0 Å². The molecule has 0 unspecified atom stereocenters. The van der Waals surface area contributed by atoms with Crippen molar-refractivity contribution in [3.05, 3.63) is 11.6 Å². The van der Waals surface area contributed by atoms with Gasteiger partial charge >= 0.3 is 0 Å². The Bertz CT molecular complexity index is 249. The van der Waals surface area contributed by atoms with E-state index in [-0.39, 0.29) is 11.0 Å².